The van der Waals surface area contributed by atoms with Crippen LogP contribution >= 0.6 is 0 Å². The molecule has 2 atom stereocenters. The van der Waals surface area contributed by atoms with Gasteiger partial charge in [0.15, 0.2) is 0 Å². The highest BCUT2D eigenvalue weighted by Gasteiger charge is 2.44. The van der Waals surface area contributed by atoms with E-state index in [9.17, 15) is 4.79 Å². The average molecular weight is 252 g/mol. The summed E-state index contributed by atoms with van der Waals surface area (Å²) < 4.78 is 7.07. The topological polar surface area (TPSA) is 83.0 Å². The molecule has 0 amide bonds. The van der Waals surface area contributed by atoms with E-state index in [1.54, 1.807) is 4.68 Å². The molecule has 0 aromatic carbocycles. The minimum atomic E-state index is -0.603. The summed E-state index contributed by atoms with van der Waals surface area (Å²) in [5.41, 5.74) is 5.35. The molecule has 0 bridgehead atoms. The van der Waals surface area contributed by atoms with Crippen molar-refractivity contribution in [3.8, 4) is 0 Å². The number of nitrogens with zero attached hydrogens (tertiary/aromatic N) is 3. The van der Waals surface area contributed by atoms with Crippen molar-refractivity contribution in [1.29, 1.82) is 0 Å². The van der Waals surface area contributed by atoms with Crippen LogP contribution in [0.25, 0.3) is 0 Å². The molecule has 0 aliphatic carbocycles. The van der Waals surface area contributed by atoms with Crippen LogP contribution in [0, 0.1) is 5.41 Å². The first-order valence-electron chi connectivity index (χ1n) is 6.20. The zero-order valence-corrected chi connectivity index (χ0v) is 11.1. The second-order valence-electron chi connectivity index (χ2n) is 5.35. The molecule has 1 aromatic rings. The standard InChI is InChI=1S/C12H20N4O2/c1-8(2)16-11(14-7-15-16)4-10(17)12(3)6-18-5-9(12)13/h7-9H,4-6,13H2,1-3H3. The van der Waals surface area contributed by atoms with Gasteiger partial charge >= 0.3 is 0 Å². The summed E-state index contributed by atoms with van der Waals surface area (Å²) in [6.07, 6.45) is 1.74. The van der Waals surface area contributed by atoms with Gasteiger partial charge in [0, 0.05) is 12.1 Å². The molecule has 6 heteroatoms. The monoisotopic (exact) mass is 252 g/mol. The van der Waals surface area contributed by atoms with Gasteiger partial charge in [-0.05, 0) is 20.8 Å². The molecule has 0 saturated carbocycles. The largest absolute Gasteiger partial charge is 0.379 e. The van der Waals surface area contributed by atoms with Gasteiger partial charge in [0.2, 0.25) is 0 Å². The number of carbonyl (C=O) groups excluding carboxylic acids is 1. The third kappa shape index (κ3) is 2.18. The first-order chi connectivity index (χ1) is 8.45. The Morgan fingerprint density at radius 2 is 2.44 bits per heavy atom. The number of hydrogen-bond acceptors (Lipinski definition) is 5. The van der Waals surface area contributed by atoms with Gasteiger partial charge in [0.1, 0.15) is 17.9 Å². The Bertz CT molecular complexity index is 443. The van der Waals surface area contributed by atoms with Crippen LogP contribution in [0.4, 0.5) is 0 Å². The van der Waals surface area contributed by atoms with E-state index < -0.39 is 5.41 Å². The Morgan fingerprint density at radius 1 is 1.72 bits per heavy atom. The number of Topliss-reactive ketones (excluding diaryl/α,β-unsaturated/α-hetero) is 1. The van der Waals surface area contributed by atoms with Crippen molar-refractivity contribution in [2.75, 3.05) is 13.2 Å². The van der Waals surface area contributed by atoms with Gasteiger partial charge in [-0.1, -0.05) is 0 Å². The lowest BCUT2D eigenvalue weighted by Crippen LogP contribution is -2.45. The van der Waals surface area contributed by atoms with Gasteiger partial charge in [-0.2, -0.15) is 5.10 Å². The van der Waals surface area contributed by atoms with Crippen LogP contribution in [-0.4, -0.2) is 39.8 Å². The molecule has 2 N–H and O–H groups in total. The molecular formula is C12H20N4O2. The van der Waals surface area contributed by atoms with E-state index in [2.05, 4.69) is 10.1 Å². The van der Waals surface area contributed by atoms with Crippen molar-refractivity contribution in [3.63, 3.8) is 0 Å². The Balaban J connectivity index is 2.14. The van der Waals surface area contributed by atoms with E-state index in [0.717, 1.165) is 0 Å². The SMILES string of the molecule is CC(C)n1ncnc1CC(=O)C1(C)COCC1N. The van der Waals surface area contributed by atoms with Gasteiger partial charge in [-0.25, -0.2) is 9.67 Å². The highest BCUT2D eigenvalue weighted by atomic mass is 16.5. The molecule has 1 aliphatic rings. The van der Waals surface area contributed by atoms with Crippen LogP contribution in [0.2, 0.25) is 0 Å². The predicted molar refractivity (Wildman–Crippen MR) is 66.0 cm³/mol. The van der Waals surface area contributed by atoms with Gasteiger partial charge in [-0.15, -0.1) is 0 Å². The number of nitrogens with two attached hydrogens (primary N) is 1. The van der Waals surface area contributed by atoms with Crippen molar-refractivity contribution < 1.29 is 9.53 Å². The van der Waals surface area contributed by atoms with Gasteiger partial charge in [0.05, 0.1) is 25.0 Å². The van der Waals surface area contributed by atoms with Crippen molar-refractivity contribution in [1.82, 2.24) is 14.8 Å². The lowest BCUT2D eigenvalue weighted by molar-refractivity contribution is -0.127. The van der Waals surface area contributed by atoms with Crippen LogP contribution in [0.1, 0.15) is 32.6 Å². The minimum absolute atomic E-state index is 0.0717. The molecule has 1 fully saturated rings. The second-order valence-corrected chi connectivity index (χ2v) is 5.35. The molecule has 18 heavy (non-hydrogen) atoms. The molecule has 1 saturated heterocycles. The van der Waals surface area contributed by atoms with Gasteiger partial charge in [0.25, 0.3) is 0 Å². The Morgan fingerprint density at radius 3 is 3.00 bits per heavy atom. The lowest BCUT2D eigenvalue weighted by Gasteiger charge is -2.25. The van der Waals surface area contributed by atoms with Crippen LogP contribution in [0.15, 0.2) is 6.33 Å². The fraction of sp³-hybridized carbons (Fsp3) is 0.750. The smallest absolute Gasteiger partial charge is 0.150 e. The number of ketones is 1. The van der Waals surface area contributed by atoms with Gasteiger partial charge < -0.3 is 10.5 Å². The molecular weight excluding hydrogens is 232 g/mol. The molecule has 0 spiro atoms. The first-order valence-corrected chi connectivity index (χ1v) is 6.20. The summed E-state index contributed by atoms with van der Waals surface area (Å²) in [4.78, 5) is 16.5. The van der Waals surface area contributed by atoms with E-state index in [-0.39, 0.29) is 24.3 Å². The third-order valence-corrected chi connectivity index (χ3v) is 3.61. The van der Waals surface area contributed by atoms with Crippen molar-refractivity contribution in [2.45, 2.75) is 39.3 Å². The van der Waals surface area contributed by atoms with Crippen molar-refractivity contribution >= 4 is 5.78 Å². The number of ether oxygens (including phenoxy) is 1. The summed E-state index contributed by atoms with van der Waals surface area (Å²) in [5.74, 6) is 0.762. The van der Waals surface area contributed by atoms with Crippen molar-refractivity contribution in [2.24, 2.45) is 11.1 Å². The highest BCUT2D eigenvalue weighted by Crippen LogP contribution is 2.29. The minimum Gasteiger partial charge on any atom is -0.379 e. The Hall–Kier alpha value is -1.27. The van der Waals surface area contributed by atoms with Crippen LogP contribution in [0.5, 0.6) is 0 Å². The van der Waals surface area contributed by atoms with E-state index in [4.69, 9.17) is 10.5 Å². The molecule has 6 nitrogen and oxygen atoms in total. The summed E-state index contributed by atoms with van der Waals surface area (Å²) in [6.45, 7) is 6.72. The summed E-state index contributed by atoms with van der Waals surface area (Å²) in [5, 5.41) is 4.13. The average Bonchev–Trinajstić information content (AvgIpc) is 2.88. The van der Waals surface area contributed by atoms with E-state index in [1.807, 2.05) is 20.8 Å². The summed E-state index contributed by atoms with van der Waals surface area (Å²) >= 11 is 0. The molecule has 1 aromatic heterocycles. The number of aromatic nitrogens is 3. The maximum absolute atomic E-state index is 12.4. The second kappa shape index (κ2) is 4.78. The van der Waals surface area contributed by atoms with E-state index >= 15 is 0 Å². The van der Waals surface area contributed by atoms with Crippen LogP contribution in [0.3, 0.4) is 0 Å². The molecule has 100 valence electrons. The van der Waals surface area contributed by atoms with Gasteiger partial charge in [-0.3, -0.25) is 4.79 Å². The van der Waals surface area contributed by atoms with E-state index in [0.29, 0.717) is 19.0 Å². The highest BCUT2D eigenvalue weighted by molar-refractivity contribution is 5.87. The summed E-state index contributed by atoms with van der Waals surface area (Å²) in [6, 6.07) is -0.0444. The van der Waals surface area contributed by atoms with E-state index in [1.165, 1.54) is 6.33 Å². The fourth-order valence-electron chi connectivity index (χ4n) is 2.15. The number of carbonyl (C=O) groups is 1. The zero-order chi connectivity index (χ0) is 13.3. The third-order valence-electron chi connectivity index (χ3n) is 3.61. The van der Waals surface area contributed by atoms with Crippen LogP contribution in [-0.2, 0) is 16.0 Å². The lowest BCUT2D eigenvalue weighted by atomic mass is 9.80. The maximum atomic E-state index is 12.4. The predicted octanol–water partition coefficient (Wildman–Crippen LogP) is 0.334. The molecule has 2 heterocycles. The Kier molecular flexibility index (Phi) is 3.49. The van der Waals surface area contributed by atoms with Crippen LogP contribution < -0.4 is 5.73 Å². The fourth-order valence-corrected chi connectivity index (χ4v) is 2.15. The maximum Gasteiger partial charge on any atom is 0.150 e. The molecule has 1 aliphatic heterocycles. The quantitative estimate of drug-likeness (QED) is 0.835. The normalized spacial score (nSPS) is 27.9. The zero-order valence-electron chi connectivity index (χ0n) is 11.1. The molecule has 2 rings (SSSR count). The molecule has 2 unspecified atom stereocenters. The molecule has 0 radical (unpaired) electrons. The summed E-state index contributed by atoms with van der Waals surface area (Å²) in [7, 11) is 0. The number of hydrogen-bond donors (Lipinski definition) is 1. The van der Waals surface area contributed by atoms with Crippen molar-refractivity contribution in [3.05, 3.63) is 12.2 Å². The Labute approximate surface area is 107 Å². The number of rotatable bonds is 4. The first kappa shape index (κ1) is 13.2.